The lowest BCUT2D eigenvalue weighted by molar-refractivity contribution is 0.1000. The Morgan fingerprint density at radius 3 is 2.40 bits per heavy atom. The van der Waals surface area contributed by atoms with E-state index in [1.807, 2.05) is 0 Å². The standard InChI is InChI=1S/C16H23FN2O/c1-15(2)13(16(15,3)4)9-19-8-11-7-10(14(18)20)5-6-12(11)17/h5-7,13,19H,8-9H2,1-4H3,(H2,18,20). The third kappa shape index (κ3) is 2.44. The van der Waals surface area contributed by atoms with Crippen LogP contribution in [0.5, 0.6) is 0 Å². The van der Waals surface area contributed by atoms with E-state index in [1.54, 1.807) is 0 Å². The highest BCUT2D eigenvalue weighted by molar-refractivity contribution is 5.92. The van der Waals surface area contributed by atoms with Crippen LogP contribution in [0.4, 0.5) is 4.39 Å². The molecule has 2 rings (SSSR count). The first-order valence-electron chi connectivity index (χ1n) is 6.97. The van der Waals surface area contributed by atoms with Gasteiger partial charge in [0.2, 0.25) is 5.91 Å². The summed E-state index contributed by atoms with van der Waals surface area (Å²) in [5, 5.41) is 3.29. The van der Waals surface area contributed by atoms with E-state index in [1.165, 1.54) is 18.2 Å². The molecule has 1 aliphatic carbocycles. The predicted molar refractivity (Wildman–Crippen MR) is 77.7 cm³/mol. The van der Waals surface area contributed by atoms with Gasteiger partial charge < -0.3 is 11.1 Å². The summed E-state index contributed by atoms with van der Waals surface area (Å²) < 4.78 is 13.7. The topological polar surface area (TPSA) is 55.1 Å². The van der Waals surface area contributed by atoms with Crippen LogP contribution in [0.1, 0.15) is 43.6 Å². The van der Waals surface area contributed by atoms with Crippen molar-refractivity contribution < 1.29 is 9.18 Å². The Morgan fingerprint density at radius 2 is 1.90 bits per heavy atom. The van der Waals surface area contributed by atoms with Gasteiger partial charge in [0.05, 0.1) is 0 Å². The third-order valence-corrected chi connectivity index (χ3v) is 5.31. The van der Waals surface area contributed by atoms with Crippen molar-refractivity contribution in [2.24, 2.45) is 22.5 Å². The summed E-state index contributed by atoms with van der Waals surface area (Å²) >= 11 is 0. The summed E-state index contributed by atoms with van der Waals surface area (Å²) in [6.45, 7) is 10.3. The molecule has 0 unspecified atom stereocenters. The van der Waals surface area contributed by atoms with E-state index in [2.05, 4.69) is 33.0 Å². The van der Waals surface area contributed by atoms with Gasteiger partial charge in [-0.1, -0.05) is 27.7 Å². The van der Waals surface area contributed by atoms with Crippen LogP contribution in [0.25, 0.3) is 0 Å². The SMILES string of the molecule is CC1(C)C(CNCc2cc(C(N)=O)ccc2F)C1(C)C. The Morgan fingerprint density at radius 1 is 1.30 bits per heavy atom. The van der Waals surface area contributed by atoms with E-state index < -0.39 is 5.91 Å². The highest BCUT2D eigenvalue weighted by Crippen LogP contribution is 2.67. The summed E-state index contributed by atoms with van der Waals surface area (Å²) in [5.74, 6) is -0.259. The maximum Gasteiger partial charge on any atom is 0.248 e. The van der Waals surface area contributed by atoms with E-state index in [4.69, 9.17) is 5.73 Å². The van der Waals surface area contributed by atoms with Gasteiger partial charge >= 0.3 is 0 Å². The normalized spacial score (nSPS) is 19.9. The van der Waals surface area contributed by atoms with Gasteiger partial charge in [0.1, 0.15) is 5.82 Å². The summed E-state index contributed by atoms with van der Waals surface area (Å²) in [5.41, 5.74) is 6.66. The molecule has 0 aromatic heterocycles. The maximum absolute atomic E-state index is 13.7. The molecule has 20 heavy (non-hydrogen) atoms. The monoisotopic (exact) mass is 278 g/mol. The molecule has 0 aliphatic heterocycles. The van der Waals surface area contributed by atoms with Crippen molar-refractivity contribution >= 4 is 5.91 Å². The van der Waals surface area contributed by atoms with Crippen molar-refractivity contribution in [2.45, 2.75) is 34.2 Å². The van der Waals surface area contributed by atoms with E-state index in [0.29, 0.717) is 34.4 Å². The fraction of sp³-hybridized carbons (Fsp3) is 0.562. The number of nitrogens with one attached hydrogen (secondary N) is 1. The van der Waals surface area contributed by atoms with E-state index in [0.717, 1.165) is 6.54 Å². The Hall–Kier alpha value is -1.42. The molecule has 0 bridgehead atoms. The lowest BCUT2D eigenvalue weighted by Crippen LogP contribution is -2.20. The molecule has 0 saturated heterocycles. The second-order valence-corrected chi connectivity index (χ2v) is 6.80. The van der Waals surface area contributed by atoms with Gasteiger partial charge in [-0.3, -0.25) is 4.79 Å². The largest absolute Gasteiger partial charge is 0.366 e. The number of carbonyl (C=O) groups is 1. The molecule has 0 heterocycles. The van der Waals surface area contributed by atoms with Crippen molar-refractivity contribution in [2.75, 3.05) is 6.54 Å². The number of hydrogen-bond acceptors (Lipinski definition) is 2. The first-order chi connectivity index (χ1) is 9.18. The molecular formula is C16H23FN2O. The molecule has 1 aromatic carbocycles. The molecule has 110 valence electrons. The molecule has 1 amide bonds. The van der Waals surface area contributed by atoms with Crippen LogP contribution < -0.4 is 11.1 Å². The van der Waals surface area contributed by atoms with Crippen LogP contribution in [0, 0.1) is 22.6 Å². The van der Waals surface area contributed by atoms with Gasteiger partial charge in [0.25, 0.3) is 0 Å². The zero-order valence-electron chi connectivity index (χ0n) is 12.6. The Labute approximate surface area is 119 Å². The van der Waals surface area contributed by atoms with Gasteiger partial charge in [-0.2, -0.15) is 0 Å². The summed E-state index contributed by atoms with van der Waals surface area (Å²) in [4.78, 5) is 11.1. The Bertz CT molecular complexity index is 523. The molecule has 1 aliphatic rings. The van der Waals surface area contributed by atoms with E-state index in [-0.39, 0.29) is 5.82 Å². The lowest BCUT2D eigenvalue weighted by atomic mass is 10.0. The summed E-state index contributed by atoms with van der Waals surface area (Å²) in [7, 11) is 0. The first-order valence-corrected chi connectivity index (χ1v) is 6.97. The summed E-state index contributed by atoms with van der Waals surface area (Å²) in [6, 6.07) is 4.23. The van der Waals surface area contributed by atoms with Gasteiger partial charge in [-0.15, -0.1) is 0 Å². The van der Waals surface area contributed by atoms with Crippen LogP contribution in [-0.4, -0.2) is 12.5 Å². The minimum absolute atomic E-state index is 0.309. The fourth-order valence-electron chi connectivity index (χ4n) is 3.06. The highest BCUT2D eigenvalue weighted by atomic mass is 19.1. The minimum Gasteiger partial charge on any atom is -0.366 e. The van der Waals surface area contributed by atoms with Gasteiger partial charge in [-0.25, -0.2) is 4.39 Å². The van der Waals surface area contributed by atoms with Crippen molar-refractivity contribution in [3.05, 3.63) is 35.1 Å². The number of benzene rings is 1. The molecule has 0 radical (unpaired) electrons. The average molecular weight is 278 g/mol. The zero-order chi connectivity index (χ0) is 15.1. The van der Waals surface area contributed by atoms with Crippen LogP contribution in [0.15, 0.2) is 18.2 Å². The van der Waals surface area contributed by atoms with Crippen LogP contribution >= 0.6 is 0 Å². The highest BCUT2D eigenvalue weighted by Gasteiger charge is 2.63. The molecule has 1 fully saturated rings. The second kappa shape index (κ2) is 4.85. The molecule has 1 saturated carbocycles. The van der Waals surface area contributed by atoms with E-state index in [9.17, 15) is 9.18 Å². The number of primary amides is 1. The Kier molecular flexibility index (Phi) is 3.63. The maximum atomic E-state index is 13.7. The number of nitrogens with two attached hydrogens (primary N) is 1. The number of hydrogen-bond donors (Lipinski definition) is 2. The van der Waals surface area contributed by atoms with Gasteiger partial charge in [0, 0.05) is 17.7 Å². The molecule has 0 spiro atoms. The molecule has 3 nitrogen and oxygen atoms in total. The van der Waals surface area contributed by atoms with Crippen LogP contribution in [-0.2, 0) is 6.54 Å². The minimum atomic E-state index is -0.532. The van der Waals surface area contributed by atoms with Gasteiger partial charge in [0.15, 0.2) is 0 Å². The summed E-state index contributed by atoms with van der Waals surface area (Å²) in [6.07, 6.45) is 0. The lowest BCUT2D eigenvalue weighted by Gasteiger charge is -2.08. The first kappa shape index (κ1) is 15.0. The third-order valence-electron chi connectivity index (χ3n) is 5.31. The number of carbonyl (C=O) groups excluding carboxylic acids is 1. The smallest absolute Gasteiger partial charge is 0.248 e. The molecule has 3 N–H and O–H groups in total. The quantitative estimate of drug-likeness (QED) is 0.870. The van der Waals surface area contributed by atoms with Gasteiger partial charge in [-0.05, 0) is 41.5 Å². The molecule has 1 aromatic rings. The van der Waals surface area contributed by atoms with Crippen LogP contribution in [0.2, 0.25) is 0 Å². The number of rotatable bonds is 5. The van der Waals surface area contributed by atoms with Crippen molar-refractivity contribution in [3.8, 4) is 0 Å². The van der Waals surface area contributed by atoms with E-state index >= 15 is 0 Å². The molecule has 0 atom stereocenters. The predicted octanol–water partition coefficient (Wildman–Crippen LogP) is 2.70. The van der Waals surface area contributed by atoms with Crippen molar-refractivity contribution in [1.82, 2.24) is 5.32 Å². The molecular weight excluding hydrogens is 255 g/mol. The fourth-order valence-corrected chi connectivity index (χ4v) is 3.06. The van der Waals surface area contributed by atoms with Crippen molar-refractivity contribution in [1.29, 1.82) is 0 Å². The van der Waals surface area contributed by atoms with Crippen LogP contribution in [0.3, 0.4) is 0 Å². The average Bonchev–Trinajstić information content (AvgIpc) is 2.73. The van der Waals surface area contributed by atoms with Crippen molar-refractivity contribution in [3.63, 3.8) is 0 Å². The number of halogens is 1. The number of amides is 1. The molecule has 4 heteroatoms. The second-order valence-electron chi connectivity index (χ2n) is 6.80. The zero-order valence-corrected chi connectivity index (χ0v) is 12.6. The Balaban J connectivity index is 1.95.